The number of carboxylic acids is 1. The maximum absolute atomic E-state index is 12.9. The molecule has 3 aromatic carbocycles. The number of halogens is 3. The Bertz CT molecular complexity index is 1390. The monoisotopic (exact) mass is 543 g/mol. The van der Waals surface area contributed by atoms with Crippen molar-refractivity contribution in [3.63, 3.8) is 0 Å². The number of rotatable bonds is 12. The Labute approximate surface area is 221 Å². The molecule has 0 aliphatic rings. The zero-order valence-corrected chi connectivity index (χ0v) is 20.7. The molecule has 0 amide bonds. The van der Waals surface area contributed by atoms with Gasteiger partial charge >= 0.3 is 12.1 Å². The van der Waals surface area contributed by atoms with Gasteiger partial charge in [0.1, 0.15) is 12.3 Å². The molecule has 2 N–H and O–H groups in total. The molecule has 0 heterocycles. The van der Waals surface area contributed by atoms with Crippen molar-refractivity contribution < 1.29 is 37.5 Å². The van der Waals surface area contributed by atoms with Gasteiger partial charge in [-0.1, -0.05) is 18.2 Å². The molecule has 0 bridgehead atoms. The minimum Gasteiger partial charge on any atom is -0.490 e. The molecule has 9 nitrogen and oxygen atoms in total. The van der Waals surface area contributed by atoms with Gasteiger partial charge in [0.2, 0.25) is 0 Å². The number of nitrogens with zero attached hydrogens (tertiary/aromatic N) is 2. The summed E-state index contributed by atoms with van der Waals surface area (Å²) >= 11 is 0. The largest absolute Gasteiger partial charge is 0.490 e. The molecule has 0 saturated heterocycles. The summed E-state index contributed by atoms with van der Waals surface area (Å²) in [5.74, 6) is -0.197. The van der Waals surface area contributed by atoms with Gasteiger partial charge in [-0.05, 0) is 60.9 Å². The van der Waals surface area contributed by atoms with E-state index in [1.165, 1.54) is 18.3 Å². The van der Waals surface area contributed by atoms with Crippen molar-refractivity contribution in [2.24, 2.45) is 5.10 Å². The van der Waals surface area contributed by atoms with E-state index < -0.39 is 28.3 Å². The van der Waals surface area contributed by atoms with Gasteiger partial charge in [0, 0.05) is 11.6 Å². The van der Waals surface area contributed by atoms with Gasteiger partial charge in [0.05, 0.1) is 28.9 Å². The maximum Gasteiger partial charge on any atom is 0.416 e. The number of ether oxygens (including phenoxy) is 2. The molecule has 0 atom stereocenters. The van der Waals surface area contributed by atoms with Crippen molar-refractivity contribution in [1.29, 1.82) is 0 Å². The Morgan fingerprint density at radius 1 is 1.15 bits per heavy atom. The molecule has 0 unspecified atom stereocenters. The number of carbonyl (C=O) groups is 1. The Balaban J connectivity index is 1.86. The number of nitro groups is 1. The van der Waals surface area contributed by atoms with E-state index >= 15 is 0 Å². The second-order valence-corrected chi connectivity index (χ2v) is 8.08. The molecule has 0 aliphatic carbocycles. The molecule has 3 aromatic rings. The number of anilines is 1. The molecular weight excluding hydrogens is 519 g/mol. The van der Waals surface area contributed by atoms with Crippen LogP contribution in [0.25, 0.3) is 0 Å². The van der Waals surface area contributed by atoms with E-state index in [9.17, 15) is 28.1 Å². The lowest BCUT2D eigenvalue weighted by molar-refractivity contribution is -0.384. The van der Waals surface area contributed by atoms with E-state index in [1.807, 2.05) is 0 Å². The Hall–Kier alpha value is -4.87. The predicted molar refractivity (Wildman–Crippen MR) is 139 cm³/mol. The summed E-state index contributed by atoms with van der Waals surface area (Å²) in [5, 5.41) is 24.3. The zero-order valence-electron chi connectivity index (χ0n) is 20.7. The van der Waals surface area contributed by atoms with Crippen LogP contribution in [0.15, 0.2) is 72.4 Å². The van der Waals surface area contributed by atoms with Crippen LogP contribution in [0.1, 0.15) is 39.5 Å². The minimum atomic E-state index is -4.73. The summed E-state index contributed by atoms with van der Waals surface area (Å²) < 4.78 is 50.6. The lowest BCUT2D eigenvalue weighted by Gasteiger charge is -2.17. The molecule has 12 heteroatoms. The van der Waals surface area contributed by atoms with Crippen LogP contribution in [0.5, 0.6) is 11.5 Å². The number of hydrazone groups is 1. The molecule has 39 heavy (non-hydrogen) atoms. The number of carboxylic acid groups (broad SMARTS) is 1. The smallest absolute Gasteiger partial charge is 0.416 e. The molecule has 0 aliphatic heterocycles. The van der Waals surface area contributed by atoms with Gasteiger partial charge in [-0.3, -0.25) is 15.5 Å². The first-order chi connectivity index (χ1) is 18.5. The fourth-order valence-electron chi connectivity index (χ4n) is 3.52. The van der Waals surface area contributed by atoms with E-state index in [4.69, 9.17) is 14.6 Å². The zero-order chi connectivity index (χ0) is 28.6. The Kier molecular flexibility index (Phi) is 9.26. The second kappa shape index (κ2) is 12.6. The first-order valence-corrected chi connectivity index (χ1v) is 11.5. The van der Waals surface area contributed by atoms with Crippen LogP contribution in [0.4, 0.5) is 24.5 Å². The van der Waals surface area contributed by atoms with Crippen LogP contribution in [0.2, 0.25) is 0 Å². The van der Waals surface area contributed by atoms with Crippen molar-refractivity contribution in [3.05, 3.63) is 105 Å². The van der Waals surface area contributed by atoms with Crippen LogP contribution >= 0.6 is 0 Å². The Morgan fingerprint density at radius 3 is 2.46 bits per heavy atom. The third kappa shape index (κ3) is 7.57. The van der Waals surface area contributed by atoms with Gasteiger partial charge in [-0.2, -0.15) is 18.3 Å². The van der Waals surface area contributed by atoms with Crippen molar-refractivity contribution in [1.82, 2.24) is 0 Å². The lowest BCUT2D eigenvalue weighted by Crippen LogP contribution is -2.07. The summed E-state index contributed by atoms with van der Waals surface area (Å²) in [5.41, 5.74) is 2.40. The number of nitrogens with one attached hydrogen (secondary N) is 1. The third-order valence-electron chi connectivity index (χ3n) is 5.32. The molecule has 0 fully saturated rings. The summed E-state index contributed by atoms with van der Waals surface area (Å²) in [6.07, 6.45) is -1.34. The molecule has 204 valence electrons. The minimum absolute atomic E-state index is 0.136. The van der Waals surface area contributed by atoms with Crippen molar-refractivity contribution in [3.8, 4) is 11.5 Å². The number of benzene rings is 3. The number of allylic oxidation sites excluding steroid dienone is 1. The molecule has 0 spiro atoms. The highest BCUT2D eigenvalue weighted by Crippen LogP contribution is 2.36. The highest BCUT2D eigenvalue weighted by molar-refractivity contribution is 5.87. The number of alkyl halides is 3. The Morgan fingerprint density at radius 2 is 1.87 bits per heavy atom. The fourth-order valence-corrected chi connectivity index (χ4v) is 3.52. The topological polar surface area (TPSA) is 123 Å². The van der Waals surface area contributed by atoms with Crippen LogP contribution in [-0.2, 0) is 19.2 Å². The second-order valence-electron chi connectivity index (χ2n) is 8.08. The maximum atomic E-state index is 12.9. The average Bonchev–Trinajstić information content (AvgIpc) is 2.88. The van der Waals surface area contributed by atoms with E-state index in [-0.39, 0.29) is 17.9 Å². The summed E-state index contributed by atoms with van der Waals surface area (Å²) in [7, 11) is 0. The standard InChI is InChI=1S/C27H24F3N3O6/c1-3-5-20-12-18(15-31-32-22-11-10-21(27(28,29)30)14-23(22)33(36)37)13-24(38-4-2)25(20)39-16-17-6-8-19(9-7-17)26(34)35/h3,6-15,32H,1,4-5,16H2,2H3,(H,34,35)/b31-15-. The van der Waals surface area contributed by atoms with Gasteiger partial charge < -0.3 is 14.6 Å². The highest BCUT2D eigenvalue weighted by atomic mass is 19.4. The SMILES string of the molecule is C=CCc1cc(/C=N\Nc2ccc(C(F)(F)F)cc2[N+](=O)[O-])cc(OCC)c1OCc1ccc(C(=O)O)cc1. The molecule has 0 radical (unpaired) electrons. The first-order valence-electron chi connectivity index (χ1n) is 11.5. The van der Waals surface area contributed by atoms with Crippen LogP contribution in [-0.4, -0.2) is 28.8 Å². The third-order valence-corrected chi connectivity index (χ3v) is 5.32. The van der Waals surface area contributed by atoms with Crippen molar-refractivity contribution >= 4 is 23.6 Å². The van der Waals surface area contributed by atoms with Gasteiger partial charge in [-0.15, -0.1) is 6.58 Å². The quantitative estimate of drug-likeness (QED) is 0.116. The van der Waals surface area contributed by atoms with E-state index in [0.717, 1.165) is 17.7 Å². The number of nitro benzene ring substituents is 1. The average molecular weight is 543 g/mol. The lowest BCUT2D eigenvalue weighted by atomic mass is 10.1. The van der Waals surface area contributed by atoms with Crippen molar-refractivity contribution in [2.75, 3.05) is 12.0 Å². The number of hydrogen-bond acceptors (Lipinski definition) is 7. The predicted octanol–water partition coefficient (Wildman–Crippen LogP) is 6.46. The number of aromatic carboxylic acids is 1. The molecule has 0 aromatic heterocycles. The van der Waals surface area contributed by atoms with Crippen LogP contribution < -0.4 is 14.9 Å². The summed E-state index contributed by atoms with van der Waals surface area (Å²) in [6.45, 7) is 5.99. The van der Waals surface area contributed by atoms with Gasteiger partial charge in [-0.25, -0.2) is 4.79 Å². The van der Waals surface area contributed by atoms with Crippen LogP contribution in [0, 0.1) is 10.1 Å². The van der Waals surface area contributed by atoms with E-state index in [1.54, 1.807) is 37.3 Å². The van der Waals surface area contributed by atoms with Gasteiger partial charge in [0.25, 0.3) is 5.69 Å². The molecule has 0 saturated carbocycles. The van der Waals surface area contributed by atoms with Gasteiger partial charge in [0.15, 0.2) is 11.5 Å². The first kappa shape index (κ1) is 28.7. The summed E-state index contributed by atoms with van der Waals surface area (Å²) in [4.78, 5) is 21.4. The summed E-state index contributed by atoms with van der Waals surface area (Å²) in [6, 6.07) is 11.7. The molecule has 3 rings (SSSR count). The van der Waals surface area contributed by atoms with E-state index in [0.29, 0.717) is 41.7 Å². The van der Waals surface area contributed by atoms with Crippen LogP contribution in [0.3, 0.4) is 0 Å². The van der Waals surface area contributed by atoms with Crippen molar-refractivity contribution in [2.45, 2.75) is 26.1 Å². The fraction of sp³-hybridized carbons (Fsp3) is 0.185. The normalized spacial score (nSPS) is 11.3. The molecular formula is C27H24F3N3O6. The highest BCUT2D eigenvalue weighted by Gasteiger charge is 2.33. The van der Waals surface area contributed by atoms with E-state index in [2.05, 4.69) is 17.1 Å². The number of hydrogen-bond donors (Lipinski definition) is 2.